The van der Waals surface area contributed by atoms with Gasteiger partial charge in [0.05, 0.1) is 0 Å². The summed E-state index contributed by atoms with van der Waals surface area (Å²) in [6.45, 7) is 2.18. The smallest absolute Gasteiger partial charge is 0.270 e. The van der Waals surface area contributed by atoms with Crippen molar-refractivity contribution in [3.8, 4) is 0 Å². The molecule has 140 valence electrons. The Hall–Kier alpha value is -1.89. The number of nitrogens with zero attached hydrogens (tertiary/aromatic N) is 3. The predicted molar refractivity (Wildman–Crippen MR) is 106 cm³/mol. The maximum atomic E-state index is 12.3. The van der Waals surface area contributed by atoms with E-state index in [9.17, 15) is 4.79 Å². The first-order valence-corrected chi connectivity index (χ1v) is 9.15. The van der Waals surface area contributed by atoms with Crippen molar-refractivity contribution in [3.05, 3.63) is 51.8 Å². The van der Waals surface area contributed by atoms with Crippen LogP contribution in [0.3, 0.4) is 0 Å². The summed E-state index contributed by atoms with van der Waals surface area (Å²) in [6.07, 6.45) is 3.16. The lowest BCUT2D eigenvalue weighted by Gasteiger charge is -2.10. The van der Waals surface area contributed by atoms with Gasteiger partial charge in [0.15, 0.2) is 0 Å². The Morgan fingerprint density at radius 3 is 2.73 bits per heavy atom. The summed E-state index contributed by atoms with van der Waals surface area (Å²) in [5.41, 5.74) is 1.26. The molecule has 26 heavy (non-hydrogen) atoms. The molecule has 0 aliphatic rings. The van der Waals surface area contributed by atoms with E-state index in [2.05, 4.69) is 25.5 Å². The van der Waals surface area contributed by atoms with Gasteiger partial charge in [0, 0.05) is 29.3 Å². The molecule has 8 heteroatoms. The van der Waals surface area contributed by atoms with Gasteiger partial charge in [-0.1, -0.05) is 29.3 Å². The van der Waals surface area contributed by atoms with E-state index >= 15 is 0 Å². The Bertz CT molecular complexity index is 739. The van der Waals surface area contributed by atoms with Crippen LogP contribution in [0.1, 0.15) is 22.5 Å². The summed E-state index contributed by atoms with van der Waals surface area (Å²) in [5, 5.41) is 7.16. The topological polar surface area (TPSA) is 70.2 Å². The highest BCUT2D eigenvalue weighted by Gasteiger charge is 2.09. The molecule has 0 aliphatic carbocycles. The number of anilines is 1. The van der Waals surface area contributed by atoms with Crippen LogP contribution in [0.5, 0.6) is 0 Å². The second kappa shape index (κ2) is 10.3. The molecule has 0 fully saturated rings. The third kappa shape index (κ3) is 6.78. The number of hydrogen-bond acceptors (Lipinski definition) is 5. The van der Waals surface area contributed by atoms with E-state index in [4.69, 9.17) is 23.2 Å². The van der Waals surface area contributed by atoms with Crippen molar-refractivity contribution < 1.29 is 4.79 Å². The van der Waals surface area contributed by atoms with E-state index in [0.29, 0.717) is 34.7 Å². The zero-order valence-corrected chi connectivity index (χ0v) is 16.4. The first kappa shape index (κ1) is 20.4. The van der Waals surface area contributed by atoms with Gasteiger partial charge < -0.3 is 15.5 Å². The maximum absolute atomic E-state index is 12.3. The summed E-state index contributed by atoms with van der Waals surface area (Å²) in [6, 6.07) is 6.93. The van der Waals surface area contributed by atoms with Crippen LogP contribution >= 0.6 is 23.2 Å². The van der Waals surface area contributed by atoms with Crippen LogP contribution in [0.4, 0.5) is 5.95 Å². The van der Waals surface area contributed by atoms with Crippen LogP contribution in [-0.2, 0) is 6.42 Å². The molecule has 0 radical (unpaired) electrons. The van der Waals surface area contributed by atoms with Gasteiger partial charge in [-0.15, -0.1) is 0 Å². The SMILES string of the molecule is CN(C)CCCNc1nccc(C(=O)NCCc2ccc(Cl)cc2Cl)n1. The molecule has 1 amide bonds. The Kier molecular flexibility index (Phi) is 8.09. The van der Waals surface area contributed by atoms with Crippen molar-refractivity contribution in [2.75, 3.05) is 39.0 Å². The lowest BCUT2D eigenvalue weighted by molar-refractivity contribution is 0.0949. The van der Waals surface area contributed by atoms with Gasteiger partial charge in [0.2, 0.25) is 5.95 Å². The molecule has 2 N–H and O–H groups in total. The Balaban J connectivity index is 1.82. The van der Waals surface area contributed by atoms with Gasteiger partial charge in [-0.05, 0) is 57.2 Å². The number of halogens is 2. The molecule has 6 nitrogen and oxygen atoms in total. The molecule has 0 unspecified atom stereocenters. The average molecular weight is 396 g/mol. The second-order valence-corrected chi connectivity index (χ2v) is 6.93. The quantitative estimate of drug-likeness (QED) is 0.638. The third-order valence-corrected chi connectivity index (χ3v) is 4.24. The van der Waals surface area contributed by atoms with E-state index in [-0.39, 0.29) is 5.91 Å². The summed E-state index contributed by atoms with van der Waals surface area (Å²) in [4.78, 5) is 22.8. The summed E-state index contributed by atoms with van der Waals surface area (Å²) in [5.74, 6) is 0.214. The van der Waals surface area contributed by atoms with E-state index in [1.54, 1.807) is 24.4 Å². The van der Waals surface area contributed by atoms with Crippen molar-refractivity contribution in [2.24, 2.45) is 0 Å². The van der Waals surface area contributed by atoms with E-state index in [1.165, 1.54) is 0 Å². The van der Waals surface area contributed by atoms with Crippen LogP contribution in [0.15, 0.2) is 30.5 Å². The number of rotatable bonds is 9. The fourth-order valence-electron chi connectivity index (χ4n) is 2.29. The molecule has 0 aliphatic heterocycles. The van der Waals surface area contributed by atoms with Gasteiger partial charge in [-0.25, -0.2) is 9.97 Å². The first-order valence-electron chi connectivity index (χ1n) is 8.39. The van der Waals surface area contributed by atoms with Gasteiger partial charge in [0.1, 0.15) is 5.69 Å². The molecule has 0 bridgehead atoms. The maximum Gasteiger partial charge on any atom is 0.270 e. The number of carbonyl (C=O) groups excluding carboxylic acids is 1. The van der Waals surface area contributed by atoms with Crippen molar-refractivity contribution in [3.63, 3.8) is 0 Å². The first-order chi connectivity index (χ1) is 12.5. The number of carbonyl (C=O) groups is 1. The minimum Gasteiger partial charge on any atom is -0.354 e. The Morgan fingerprint density at radius 1 is 1.19 bits per heavy atom. The third-order valence-electron chi connectivity index (χ3n) is 3.65. The zero-order valence-electron chi connectivity index (χ0n) is 14.9. The molecule has 2 rings (SSSR count). The van der Waals surface area contributed by atoms with Gasteiger partial charge in [-0.3, -0.25) is 4.79 Å². The summed E-state index contributed by atoms with van der Waals surface area (Å²) >= 11 is 12.0. The van der Waals surface area contributed by atoms with Gasteiger partial charge >= 0.3 is 0 Å². The van der Waals surface area contributed by atoms with Crippen molar-refractivity contribution >= 4 is 35.1 Å². The fraction of sp³-hybridized carbons (Fsp3) is 0.389. The minimum absolute atomic E-state index is 0.242. The lowest BCUT2D eigenvalue weighted by atomic mass is 10.1. The van der Waals surface area contributed by atoms with Crippen LogP contribution in [0, 0.1) is 0 Å². The van der Waals surface area contributed by atoms with E-state index in [1.807, 2.05) is 20.2 Å². The highest BCUT2D eigenvalue weighted by molar-refractivity contribution is 6.35. The van der Waals surface area contributed by atoms with Crippen molar-refractivity contribution in [2.45, 2.75) is 12.8 Å². The second-order valence-electron chi connectivity index (χ2n) is 6.09. The van der Waals surface area contributed by atoms with Crippen molar-refractivity contribution in [1.29, 1.82) is 0 Å². The molecule has 1 aromatic carbocycles. The number of nitrogens with one attached hydrogen (secondary N) is 2. The molecule has 0 spiro atoms. The molecule has 0 atom stereocenters. The molecular formula is C18H23Cl2N5O. The van der Waals surface area contributed by atoms with E-state index in [0.717, 1.165) is 25.1 Å². The fourth-order valence-corrected chi connectivity index (χ4v) is 2.79. The standard InChI is InChI=1S/C18H23Cl2N5O/c1-25(2)11-3-8-22-18-23-10-7-16(24-18)17(26)21-9-6-13-4-5-14(19)12-15(13)20/h4-5,7,10,12H,3,6,8-9,11H2,1-2H3,(H,21,26)(H,22,23,24). The predicted octanol–water partition coefficient (Wildman–Crippen LogP) is 3.12. The number of hydrogen-bond donors (Lipinski definition) is 2. The highest BCUT2D eigenvalue weighted by Crippen LogP contribution is 2.21. The molecule has 0 saturated heterocycles. The molecule has 2 aromatic rings. The van der Waals surface area contributed by atoms with E-state index < -0.39 is 0 Å². The summed E-state index contributed by atoms with van der Waals surface area (Å²) < 4.78 is 0. The Morgan fingerprint density at radius 2 is 2.00 bits per heavy atom. The Labute approximate surface area is 163 Å². The molecule has 1 heterocycles. The number of amides is 1. The van der Waals surface area contributed by atoms with Gasteiger partial charge in [-0.2, -0.15) is 0 Å². The highest BCUT2D eigenvalue weighted by atomic mass is 35.5. The number of aromatic nitrogens is 2. The van der Waals surface area contributed by atoms with Crippen LogP contribution in [0.25, 0.3) is 0 Å². The molecule has 0 saturated carbocycles. The van der Waals surface area contributed by atoms with Crippen molar-refractivity contribution in [1.82, 2.24) is 20.2 Å². The van der Waals surface area contributed by atoms with Crippen LogP contribution in [0.2, 0.25) is 10.0 Å². The zero-order chi connectivity index (χ0) is 18.9. The summed E-state index contributed by atoms with van der Waals surface area (Å²) in [7, 11) is 4.05. The monoisotopic (exact) mass is 395 g/mol. The number of benzene rings is 1. The molecular weight excluding hydrogens is 373 g/mol. The van der Waals surface area contributed by atoms with Crippen LogP contribution in [-0.4, -0.2) is 54.5 Å². The van der Waals surface area contributed by atoms with Crippen LogP contribution < -0.4 is 10.6 Å². The average Bonchev–Trinajstić information content (AvgIpc) is 2.60. The molecule has 1 aromatic heterocycles. The van der Waals surface area contributed by atoms with Gasteiger partial charge in [0.25, 0.3) is 5.91 Å². The normalized spacial score (nSPS) is 10.8. The minimum atomic E-state index is -0.242. The largest absolute Gasteiger partial charge is 0.354 e. The lowest BCUT2D eigenvalue weighted by Crippen LogP contribution is -2.27.